The van der Waals surface area contributed by atoms with Gasteiger partial charge in [0.25, 0.3) is 5.91 Å². The van der Waals surface area contributed by atoms with Crippen molar-refractivity contribution in [1.82, 2.24) is 10.2 Å². The average molecular weight is 423 g/mol. The van der Waals surface area contributed by atoms with Crippen LogP contribution in [-0.2, 0) is 17.8 Å². The molecule has 1 saturated heterocycles. The Hall–Kier alpha value is -2.09. The van der Waals surface area contributed by atoms with Crippen molar-refractivity contribution in [3.63, 3.8) is 0 Å². The number of rotatable bonds is 8. The number of nitrogens with zero attached hydrogens (tertiary/aromatic N) is 1. The van der Waals surface area contributed by atoms with Gasteiger partial charge in [-0.05, 0) is 49.6 Å². The molecule has 150 valence electrons. The molecule has 1 fully saturated rings. The molecule has 2 atom stereocenters. The van der Waals surface area contributed by atoms with Gasteiger partial charge in [0, 0.05) is 0 Å². The van der Waals surface area contributed by atoms with Crippen molar-refractivity contribution < 1.29 is 19.2 Å². The van der Waals surface area contributed by atoms with E-state index in [-0.39, 0.29) is 11.9 Å². The van der Waals surface area contributed by atoms with E-state index in [0.29, 0.717) is 26.1 Å². The molecule has 1 aromatic carbocycles. The van der Waals surface area contributed by atoms with Gasteiger partial charge in [0.15, 0.2) is 6.67 Å². The average Bonchev–Trinajstić information content (AvgIpc) is 3.16. The molecule has 0 spiro atoms. The van der Waals surface area contributed by atoms with Gasteiger partial charge in [-0.15, -0.1) is 11.3 Å². The minimum Gasteiger partial charge on any atom is -0.497 e. The normalized spacial score (nSPS) is 20.4. The fourth-order valence-corrected chi connectivity index (χ4v) is 4.52. The zero-order valence-corrected chi connectivity index (χ0v) is 17.8. The summed E-state index contributed by atoms with van der Waals surface area (Å²) >= 11 is 7.49. The number of thiophene rings is 1. The van der Waals surface area contributed by atoms with Crippen LogP contribution >= 0.6 is 22.9 Å². The number of aryl methyl sites for hydroxylation is 1. The van der Waals surface area contributed by atoms with Crippen LogP contribution in [0.4, 0.5) is 4.79 Å². The summed E-state index contributed by atoms with van der Waals surface area (Å²) in [6.07, 6.45) is 1.23. The number of imide groups is 1. The Morgan fingerprint density at radius 1 is 1.21 bits per heavy atom. The molecule has 1 aromatic heterocycles. The lowest BCUT2D eigenvalue weighted by molar-refractivity contribution is -0.900. The zero-order chi connectivity index (χ0) is 20.3. The summed E-state index contributed by atoms with van der Waals surface area (Å²) < 4.78 is 5.91. The molecular formula is C20H25ClN3O3S+. The number of halogens is 1. The van der Waals surface area contributed by atoms with Crippen molar-refractivity contribution in [1.29, 1.82) is 0 Å². The second-order valence-corrected chi connectivity index (χ2v) is 9.14. The zero-order valence-electron chi connectivity index (χ0n) is 16.3. The maximum absolute atomic E-state index is 12.9. The molecule has 3 amide bonds. The van der Waals surface area contributed by atoms with Crippen LogP contribution in [0.3, 0.4) is 0 Å². The minimum atomic E-state index is -0.885. The summed E-state index contributed by atoms with van der Waals surface area (Å²) in [5, 5.41) is 2.88. The van der Waals surface area contributed by atoms with Gasteiger partial charge in [0.05, 0.1) is 23.4 Å². The van der Waals surface area contributed by atoms with Crippen molar-refractivity contribution >= 4 is 34.9 Å². The molecule has 3 rings (SSSR count). The standard InChI is InChI=1S/C20H24ClN3O3S/c1-20(11-10-14-4-6-15(27-3)7-5-14)18(25)24(19(26)22-20)13-23(2)12-16-8-9-17(21)28-16/h4-9H,10-13H2,1-3H3,(H,22,26)/p+1/t20-/m0/s1. The second kappa shape index (κ2) is 8.51. The first-order chi connectivity index (χ1) is 13.3. The summed E-state index contributed by atoms with van der Waals surface area (Å²) in [6.45, 7) is 2.82. The number of amides is 3. The number of benzene rings is 1. The monoisotopic (exact) mass is 422 g/mol. The van der Waals surface area contributed by atoms with Crippen molar-refractivity contribution in [2.75, 3.05) is 20.8 Å². The lowest BCUT2D eigenvalue weighted by Crippen LogP contribution is -3.09. The van der Waals surface area contributed by atoms with Crippen molar-refractivity contribution in [2.24, 2.45) is 0 Å². The highest BCUT2D eigenvalue weighted by atomic mass is 35.5. The van der Waals surface area contributed by atoms with Gasteiger partial charge >= 0.3 is 6.03 Å². The Kier molecular flexibility index (Phi) is 6.27. The predicted molar refractivity (Wildman–Crippen MR) is 110 cm³/mol. The molecule has 28 heavy (non-hydrogen) atoms. The van der Waals surface area contributed by atoms with Crippen molar-refractivity contribution in [2.45, 2.75) is 31.8 Å². The van der Waals surface area contributed by atoms with E-state index in [4.69, 9.17) is 16.3 Å². The number of nitrogens with one attached hydrogen (secondary N) is 2. The van der Waals surface area contributed by atoms with E-state index in [0.717, 1.165) is 25.4 Å². The van der Waals surface area contributed by atoms with Crippen LogP contribution < -0.4 is 15.0 Å². The first-order valence-corrected chi connectivity index (χ1v) is 10.3. The molecule has 6 nitrogen and oxygen atoms in total. The molecule has 2 heterocycles. The van der Waals surface area contributed by atoms with E-state index in [2.05, 4.69) is 5.32 Å². The highest BCUT2D eigenvalue weighted by Gasteiger charge is 2.48. The molecular weight excluding hydrogens is 398 g/mol. The van der Waals surface area contributed by atoms with E-state index >= 15 is 0 Å². The van der Waals surface area contributed by atoms with Gasteiger partial charge in [-0.1, -0.05) is 23.7 Å². The maximum Gasteiger partial charge on any atom is 0.329 e. The molecule has 0 aliphatic carbocycles. The highest BCUT2D eigenvalue weighted by Crippen LogP contribution is 2.24. The maximum atomic E-state index is 12.9. The van der Waals surface area contributed by atoms with Crippen LogP contribution in [0, 0.1) is 0 Å². The smallest absolute Gasteiger partial charge is 0.329 e. The van der Waals surface area contributed by atoms with Crippen LogP contribution in [0.25, 0.3) is 0 Å². The topological polar surface area (TPSA) is 63.1 Å². The first kappa shape index (κ1) is 20.6. The molecule has 0 saturated carbocycles. The largest absolute Gasteiger partial charge is 0.497 e. The minimum absolute atomic E-state index is 0.172. The molecule has 1 aliphatic rings. The lowest BCUT2D eigenvalue weighted by Gasteiger charge is -2.23. The third-order valence-electron chi connectivity index (χ3n) is 4.95. The molecule has 0 bridgehead atoms. The Morgan fingerprint density at radius 3 is 2.54 bits per heavy atom. The van der Waals surface area contributed by atoms with Gasteiger partial charge in [-0.3, -0.25) is 4.79 Å². The van der Waals surface area contributed by atoms with E-state index in [1.807, 2.05) is 43.4 Å². The van der Waals surface area contributed by atoms with E-state index in [1.165, 1.54) is 16.2 Å². The number of methoxy groups -OCH3 is 1. The highest BCUT2D eigenvalue weighted by molar-refractivity contribution is 7.16. The third-order valence-corrected chi connectivity index (χ3v) is 6.18. The summed E-state index contributed by atoms with van der Waals surface area (Å²) in [6, 6.07) is 11.3. The molecule has 2 aromatic rings. The van der Waals surface area contributed by atoms with Crippen LogP contribution in [0.15, 0.2) is 36.4 Å². The van der Waals surface area contributed by atoms with Gasteiger partial charge in [-0.2, -0.15) is 0 Å². The number of ether oxygens (including phenoxy) is 1. The third kappa shape index (κ3) is 4.66. The van der Waals surface area contributed by atoms with Crippen LogP contribution in [0.1, 0.15) is 23.8 Å². The van der Waals surface area contributed by atoms with E-state index < -0.39 is 5.54 Å². The number of urea groups is 1. The van der Waals surface area contributed by atoms with Crippen molar-refractivity contribution in [3.8, 4) is 5.75 Å². The Bertz CT molecular complexity index is 855. The fourth-order valence-electron chi connectivity index (χ4n) is 3.32. The van der Waals surface area contributed by atoms with Gasteiger partial charge in [0.1, 0.15) is 17.8 Å². The molecule has 2 N–H and O–H groups in total. The predicted octanol–water partition coefficient (Wildman–Crippen LogP) is 2.33. The molecule has 1 unspecified atom stereocenters. The second-order valence-electron chi connectivity index (χ2n) is 7.34. The van der Waals surface area contributed by atoms with Gasteiger partial charge < -0.3 is 15.0 Å². The number of quaternary nitrogens is 1. The summed E-state index contributed by atoms with van der Waals surface area (Å²) in [5.74, 6) is 0.624. The van der Waals surface area contributed by atoms with Crippen LogP contribution in [0.2, 0.25) is 4.34 Å². The molecule has 8 heteroatoms. The number of carbonyl (C=O) groups is 2. The van der Waals surface area contributed by atoms with Crippen LogP contribution in [-0.4, -0.2) is 43.2 Å². The van der Waals surface area contributed by atoms with Gasteiger partial charge in [-0.25, -0.2) is 9.69 Å². The summed E-state index contributed by atoms with van der Waals surface area (Å²) in [4.78, 5) is 28.9. The summed E-state index contributed by atoms with van der Waals surface area (Å²) in [7, 11) is 3.59. The SMILES string of the molecule is COc1ccc(CC[C@]2(C)NC(=O)N(C[NH+](C)Cc3ccc(Cl)s3)C2=O)cc1. The Labute approximate surface area is 174 Å². The first-order valence-electron chi connectivity index (χ1n) is 9.13. The fraction of sp³-hybridized carbons (Fsp3) is 0.400. The van der Waals surface area contributed by atoms with Crippen molar-refractivity contribution in [3.05, 3.63) is 51.2 Å². The number of hydrogen-bond acceptors (Lipinski definition) is 4. The Morgan fingerprint density at radius 2 is 1.93 bits per heavy atom. The van der Waals surface area contributed by atoms with Crippen LogP contribution in [0.5, 0.6) is 5.75 Å². The van der Waals surface area contributed by atoms with E-state index in [9.17, 15) is 9.59 Å². The van der Waals surface area contributed by atoms with Gasteiger partial charge in [0.2, 0.25) is 0 Å². The summed E-state index contributed by atoms with van der Waals surface area (Å²) in [5.41, 5.74) is 0.212. The molecule has 1 aliphatic heterocycles. The number of hydrogen-bond donors (Lipinski definition) is 2. The number of carbonyl (C=O) groups excluding carboxylic acids is 2. The molecule has 0 radical (unpaired) electrons. The quantitative estimate of drug-likeness (QED) is 0.642. The Balaban J connectivity index is 1.59. The lowest BCUT2D eigenvalue weighted by atomic mass is 9.93. The van der Waals surface area contributed by atoms with E-state index in [1.54, 1.807) is 14.0 Å².